The van der Waals surface area contributed by atoms with Crippen molar-refractivity contribution in [3.8, 4) is 0 Å². The molecule has 0 radical (unpaired) electrons. The van der Waals surface area contributed by atoms with Crippen LogP contribution < -0.4 is 5.32 Å². The molecule has 0 bridgehead atoms. The third kappa shape index (κ3) is 9.43. The molecule has 0 atom stereocenters. The van der Waals surface area contributed by atoms with Gasteiger partial charge in [0.05, 0.1) is 6.61 Å². The predicted octanol–water partition coefficient (Wildman–Crippen LogP) is 0.647. The van der Waals surface area contributed by atoms with Crippen molar-refractivity contribution in [1.82, 2.24) is 10.2 Å². The van der Waals surface area contributed by atoms with E-state index in [1.807, 2.05) is 20.2 Å². The molecule has 15 heavy (non-hydrogen) atoms. The maximum absolute atomic E-state index is 10.9. The second-order valence-corrected chi connectivity index (χ2v) is 3.37. The topological polar surface area (TPSA) is 41.6 Å². The number of carbonyl (C=O) groups is 1. The number of esters is 1. The van der Waals surface area contributed by atoms with E-state index >= 15 is 0 Å². The largest absolute Gasteiger partial charge is 0.463 e. The smallest absolute Gasteiger partial charge is 0.330 e. The van der Waals surface area contributed by atoms with Gasteiger partial charge in [0.2, 0.25) is 0 Å². The zero-order valence-electron chi connectivity index (χ0n) is 9.95. The van der Waals surface area contributed by atoms with Crippen LogP contribution in [0, 0.1) is 0 Å². The molecule has 0 aromatic carbocycles. The summed E-state index contributed by atoms with van der Waals surface area (Å²) in [6, 6.07) is 0. The Morgan fingerprint density at radius 3 is 2.87 bits per heavy atom. The minimum absolute atomic E-state index is 0.263. The van der Waals surface area contributed by atoms with Crippen LogP contribution >= 0.6 is 0 Å². The summed E-state index contributed by atoms with van der Waals surface area (Å²) in [5, 5.41) is 3.10. The van der Waals surface area contributed by atoms with Gasteiger partial charge in [-0.25, -0.2) is 4.79 Å². The summed E-state index contributed by atoms with van der Waals surface area (Å²) >= 11 is 0. The van der Waals surface area contributed by atoms with Crippen molar-refractivity contribution in [3.05, 3.63) is 12.2 Å². The molecular formula is C11H22N2O2. The first-order valence-electron chi connectivity index (χ1n) is 5.37. The van der Waals surface area contributed by atoms with Crippen molar-refractivity contribution in [1.29, 1.82) is 0 Å². The van der Waals surface area contributed by atoms with Crippen molar-refractivity contribution in [2.75, 3.05) is 40.3 Å². The van der Waals surface area contributed by atoms with Crippen LogP contribution in [0.25, 0.3) is 0 Å². The van der Waals surface area contributed by atoms with Crippen LogP contribution in [-0.2, 0) is 9.53 Å². The highest BCUT2D eigenvalue weighted by Crippen LogP contribution is 1.88. The molecule has 4 nitrogen and oxygen atoms in total. The maximum Gasteiger partial charge on any atom is 0.330 e. The number of nitrogens with zero attached hydrogens (tertiary/aromatic N) is 1. The molecule has 0 aliphatic heterocycles. The summed E-state index contributed by atoms with van der Waals surface area (Å²) in [6.45, 7) is 5.05. The Hall–Kier alpha value is -0.870. The van der Waals surface area contributed by atoms with E-state index in [2.05, 4.69) is 10.2 Å². The van der Waals surface area contributed by atoms with Gasteiger partial charge in [-0.05, 0) is 40.5 Å². The first kappa shape index (κ1) is 14.1. The van der Waals surface area contributed by atoms with E-state index < -0.39 is 0 Å². The number of hydrogen-bond acceptors (Lipinski definition) is 4. The summed E-state index contributed by atoms with van der Waals surface area (Å²) in [5.74, 6) is -0.263. The zero-order valence-corrected chi connectivity index (χ0v) is 9.95. The second kappa shape index (κ2) is 9.68. The van der Waals surface area contributed by atoms with E-state index in [4.69, 9.17) is 4.74 Å². The molecule has 0 saturated carbocycles. The van der Waals surface area contributed by atoms with Crippen molar-refractivity contribution in [2.45, 2.75) is 13.3 Å². The fourth-order valence-corrected chi connectivity index (χ4v) is 1.14. The zero-order chi connectivity index (χ0) is 11.5. The average molecular weight is 214 g/mol. The maximum atomic E-state index is 10.9. The van der Waals surface area contributed by atoms with Gasteiger partial charge >= 0.3 is 5.97 Å². The molecule has 0 rings (SSSR count). The van der Waals surface area contributed by atoms with E-state index in [9.17, 15) is 4.79 Å². The van der Waals surface area contributed by atoms with Crippen LogP contribution in [0.1, 0.15) is 13.3 Å². The molecule has 88 valence electrons. The number of nitrogens with one attached hydrogen (secondary N) is 1. The van der Waals surface area contributed by atoms with E-state index in [1.165, 1.54) is 6.08 Å². The molecule has 0 aromatic rings. The summed E-state index contributed by atoms with van der Waals surface area (Å²) < 4.78 is 4.77. The van der Waals surface area contributed by atoms with Crippen LogP contribution in [0.4, 0.5) is 0 Å². The fraction of sp³-hybridized carbons (Fsp3) is 0.727. The van der Waals surface area contributed by atoms with Gasteiger partial charge in [-0.3, -0.25) is 0 Å². The average Bonchev–Trinajstić information content (AvgIpc) is 2.18. The molecule has 0 fully saturated rings. The van der Waals surface area contributed by atoms with Gasteiger partial charge in [0.15, 0.2) is 0 Å². The van der Waals surface area contributed by atoms with Crippen LogP contribution in [0.15, 0.2) is 12.2 Å². The monoisotopic (exact) mass is 214 g/mol. The first-order valence-corrected chi connectivity index (χ1v) is 5.37. The summed E-state index contributed by atoms with van der Waals surface area (Å²) in [5.41, 5.74) is 0. The molecule has 0 aliphatic carbocycles. The molecule has 0 unspecified atom stereocenters. The Morgan fingerprint density at radius 1 is 1.53 bits per heavy atom. The Kier molecular flexibility index (Phi) is 9.11. The number of likely N-dealkylation sites (N-methyl/N-ethyl adjacent to an activating group) is 1. The molecule has 0 saturated heterocycles. The van der Waals surface area contributed by atoms with Gasteiger partial charge in [0.1, 0.15) is 0 Å². The van der Waals surface area contributed by atoms with Crippen molar-refractivity contribution < 1.29 is 9.53 Å². The summed E-state index contributed by atoms with van der Waals surface area (Å²) in [4.78, 5) is 13.1. The highest BCUT2D eigenvalue weighted by atomic mass is 16.5. The molecule has 0 heterocycles. The second-order valence-electron chi connectivity index (χ2n) is 3.37. The fourth-order valence-electron chi connectivity index (χ4n) is 1.14. The van der Waals surface area contributed by atoms with Crippen LogP contribution in [0.2, 0.25) is 0 Å². The predicted molar refractivity (Wildman–Crippen MR) is 61.8 cm³/mol. The Morgan fingerprint density at radius 2 is 2.27 bits per heavy atom. The third-order valence-corrected chi connectivity index (χ3v) is 1.92. The standard InChI is InChI=1S/C11H22N2O2/c1-4-15-11(14)7-5-9-13(3)10-6-8-12-2/h5,7,12H,4,6,8-10H2,1-3H3/b7-5+. The number of hydrogen-bond donors (Lipinski definition) is 1. The van der Waals surface area contributed by atoms with Crippen LogP contribution in [0.5, 0.6) is 0 Å². The van der Waals surface area contributed by atoms with Gasteiger partial charge in [-0.1, -0.05) is 6.08 Å². The Labute approximate surface area is 92.3 Å². The minimum atomic E-state index is -0.263. The van der Waals surface area contributed by atoms with E-state index in [0.29, 0.717) is 6.61 Å². The van der Waals surface area contributed by atoms with Crippen molar-refractivity contribution >= 4 is 5.97 Å². The quantitative estimate of drug-likeness (QED) is 0.366. The minimum Gasteiger partial charge on any atom is -0.463 e. The van der Waals surface area contributed by atoms with Gasteiger partial charge in [0, 0.05) is 12.6 Å². The molecule has 0 spiro atoms. The third-order valence-electron chi connectivity index (χ3n) is 1.92. The van der Waals surface area contributed by atoms with E-state index in [-0.39, 0.29) is 5.97 Å². The van der Waals surface area contributed by atoms with Crippen molar-refractivity contribution in [2.24, 2.45) is 0 Å². The summed E-state index contributed by atoms with van der Waals surface area (Å²) in [7, 11) is 3.98. The van der Waals surface area contributed by atoms with Gasteiger partial charge in [-0.2, -0.15) is 0 Å². The summed E-state index contributed by atoms with van der Waals surface area (Å²) in [6.07, 6.45) is 4.43. The van der Waals surface area contributed by atoms with Crippen LogP contribution in [-0.4, -0.2) is 51.2 Å². The molecule has 0 aromatic heterocycles. The number of carbonyl (C=O) groups excluding carboxylic acids is 1. The van der Waals surface area contributed by atoms with Crippen LogP contribution in [0.3, 0.4) is 0 Å². The molecule has 0 amide bonds. The highest BCUT2D eigenvalue weighted by molar-refractivity contribution is 5.81. The molecule has 0 aliphatic rings. The van der Waals surface area contributed by atoms with Crippen molar-refractivity contribution in [3.63, 3.8) is 0 Å². The molecule has 4 heteroatoms. The number of ether oxygens (including phenoxy) is 1. The number of rotatable bonds is 8. The lowest BCUT2D eigenvalue weighted by Gasteiger charge is -2.13. The molecular weight excluding hydrogens is 192 g/mol. The Balaban J connectivity index is 3.51. The highest BCUT2D eigenvalue weighted by Gasteiger charge is 1.96. The lowest BCUT2D eigenvalue weighted by Crippen LogP contribution is -2.23. The normalized spacial score (nSPS) is 11.2. The Bertz CT molecular complexity index is 193. The van der Waals surface area contributed by atoms with E-state index in [1.54, 1.807) is 6.92 Å². The van der Waals surface area contributed by atoms with Gasteiger partial charge in [-0.15, -0.1) is 0 Å². The van der Waals surface area contributed by atoms with Gasteiger partial charge < -0.3 is 15.0 Å². The first-order chi connectivity index (χ1) is 7.20. The lowest BCUT2D eigenvalue weighted by atomic mass is 10.3. The SMILES string of the molecule is CCOC(=O)/C=C/CN(C)CCCNC. The lowest BCUT2D eigenvalue weighted by molar-refractivity contribution is -0.137. The van der Waals surface area contributed by atoms with Gasteiger partial charge in [0.25, 0.3) is 0 Å². The van der Waals surface area contributed by atoms with E-state index in [0.717, 1.165) is 26.1 Å². The molecule has 1 N–H and O–H groups in total.